The monoisotopic (exact) mass is 725 g/mol. The minimum atomic E-state index is -0.639. The van der Waals surface area contributed by atoms with Gasteiger partial charge in [0.15, 0.2) is 6.29 Å². The number of aldehydes is 1. The molecule has 0 fully saturated rings. The normalized spacial score (nSPS) is 9.57. The maximum Gasteiger partial charge on any atom is 1.00 e. The molecule has 14 nitrogen and oxygen atoms in total. The van der Waals surface area contributed by atoms with E-state index in [1.165, 1.54) is 32.7 Å². The molecule has 0 atom stereocenters. The molecule has 0 saturated carbocycles. The van der Waals surface area contributed by atoms with Crippen molar-refractivity contribution < 1.29 is 67.7 Å². The number of nitrogens with zero attached hydrogens (tertiary/aromatic N) is 7. The van der Waals surface area contributed by atoms with E-state index >= 15 is 0 Å². The van der Waals surface area contributed by atoms with Crippen molar-refractivity contribution in [2.75, 3.05) is 89.1 Å². The minimum absolute atomic E-state index is 0. The van der Waals surface area contributed by atoms with Gasteiger partial charge in [-0.05, 0) is 85.9 Å². The van der Waals surface area contributed by atoms with Crippen LogP contribution in [0.4, 0.5) is 0 Å². The summed E-state index contributed by atoms with van der Waals surface area (Å²) < 4.78 is 5.73. The van der Waals surface area contributed by atoms with E-state index in [1.54, 1.807) is 24.4 Å². The second-order valence-corrected chi connectivity index (χ2v) is 11.8. The summed E-state index contributed by atoms with van der Waals surface area (Å²) in [5.74, 6) is -1.74. The first kappa shape index (κ1) is 54.7. The van der Waals surface area contributed by atoms with Gasteiger partial charge in [-0.15, -0.1) is 0 Å². The number of pyridine rings is 2. The van der Waals surface area contributed by atoms with Crippen LogP contribution in [0.1, 0.15) is 56.2 Å². The van der Waals surface area contributed by atoms with Crippen LogP contribution in [-0.2, 0) is 35.4 Å². The molecule has 2 aromatic heterocycles. The molecule has 281 valence electrons. The summed E-state index contributed by atoms with van der Waals surface area (Å²) in [5.41, 5.74) is 1.63. The Morgan fingerprint density at radius 2 is 1.20 bits per heavy atom. The van der Waals surface area contributed by atoms with Gasteiger partial charge < -0.3 is 27.4 Å². The van der Waals surface area contributed by atoms with E-state index < -0.39 is 17.9 Å². The second kappa shape index (κ2) is 38.2. The summed E-state index contributed by atoms with van der Waals surface area (Å²) in [7, 11) is 21.2. The van der Waals surface area contributed by atoms with Crippen molar-refractivity contribution in [2.24, 2.45) is 0 Å². The van der Waals surface area contributed by atoms with Gasteiger partial charge in [0.25, 0.3) is 0 Å². The zero-order valence-electron chi connectivity index (χ0n) is 33.2. The van der Waals surface area contributed by atoms with Crippen LogP contribution in [0.2, 0.25) is 0 Å². The molecule has 3 radical (unpaired) electrons. The number of carbonyl (C=O) groups is 4. The van der Waals surface area contributed by atoms with Crippen molar-refractivity contribution in [1.29, 1.82) is 0 Å². The van der Waals surface area contributed by atoms with Crippen molar-refractivity contribution in [1.82, 2.24) is 29.6 Å². The molecule has 0 bridgehead atoms. The Kier molecular flexibility index (Phi) is 41.0. The predicted molar refractivity (Wildman–Crippen MR) is 198 cm³/mol. The number of hydrogen-bond acceptors (Lipinski definition) is 13. The van der Waals surface area contributed by atoms with Crippen LogP contribution in [0, 0.1) is 0 Å². The van der Waals surface area contributed by atoms with Gasteiger partial charge in [-0.3, -0.25) is 24.5 Å². The first-order chi connectivity index (χ1) is 23.5. The fourth-order valence-corrected chi connectivity index (χ4v) is 3.16. The zero-order valence-corrected chi connectivity index (χ0v) is 35.2. The van der Waals surface area contributed by atoms with Crippen LogP contribution in [0.15, 0.2) is 48.8 Å². The van der Waals surface area contributed by atoms with Crippen molar-refractivity contribution in [2.45, 2.75) is 46.6 Å². The molecule has 0 aromatic carbocycles. The van der Waals surface area contributed by atoms with Gasteiger partial charge in [-0.25, -0.2) is 23.9 Å². The molecule has 16 heteroatoms. The van der Waals surface area contributed by atoms with E-state index in [4.69, 9.17) is 0 Å². The molecule has 0 spiro atoms. The fourth-order valence-electron chi connectivity index (χ4n) is 3.16. The molecule has 0 aliphatic rings. The van der Waals surface area contributed by atoms with Crippen LogP contribution in [0.3, 0.4) is 0 Å². The van der Waals surface area contributed by atoms with Gasteiger partial charge >= 0.3 is 41.5 Å². The maximum absolute atomic E-state index is 9.94. The van der Waals surface area contributed by atoms with Gasteiger partial charge in [0, 0.05) is 72.3 Å². The molecule has 0 unspecified atom stereocenters. The molecular formula is C35H61BN7NaO7+. The van der Waals surface area contributed by atoms with Crippen molar-refractivity contribution in [3.8, 4) is 0 Å². The smallest absolute Gasteiger partial charge is 0.793 e. The predicted octanol–water partition coefficient (Wildman–Crippen LogP) is -0.373. The largest absolute Gasteiger partial charge is 1.00 e. The third-order valence-electron chi connectivity index (χ3n) is 5.64. The average Bonchev–Trinajstić information content (AvgIpc) is 3.06. The third-order valence-corrected chi connectivity index (χ3v) is 5.64. The Labute approximate surface area is 330 Å². The molecule has 51 heavy (non-hydrogen) atoms. The van der Waals surface area contributed by atoms with E-state index in [1.807, 2.05) is 12.3 Å². The summed E-state index contributed by atoms with van der Waals surface area (Å²) in [5, 5.41) is 0. The van der Waals surface area contributed by atoms with Crippen molar-refractivity contribution in [3.05, 3.63) is 60.2 Å². The van der Waals surface area contributed by atoms with E-state index in [9.17, 15) is 19.2 Å². The Morgan fingerprint density at radius 3 is 1.51 bits per heavy atom. The van der Waals surface area contributed by atoms with Gasteiger partial charge in [0.1, 0.15) is 26.0 Å². The first-order valence-corrected chi connectivity index (χ1v) is 16.2. The average molecular weight is 726 g/mol. The summed E-state index contributed by atoms with van der Waals surface area (Å²) >= 11 is 0. The van der Waals surface area contributed by atoms with E-state index in [0.29, 0.717) is 5.69 Å². The number of carbonyl (C=O) groups excluding carboxylic acids is 4. The summed E-state index contributed by atoms with van der Waals surface area (Å²) in [6.07, 6.45) is 10.2. The molecule has 2 aromatic rings. The molecular weight excluding hydrogens is 664 g/mol. The summed E-state index contributed by atoms with van der Waals surface area (Å²) in [4.78, 5) is 64.0. The molecule has 2 heterocycles. The van der Waals surface area contributed by atoms with Crippen LogP contribution >= 0.6 is 0 Å². The van der Waals surface area contributed by atoms with Gasteiger partial charge in [0.05, 0.1) is 5.69 Å². The molecule has 2 rings (SSSR count). The van der Waals surface area contributed by atoms with Crippen LogP contribution in [-0.4, -0.2) is 162 Å². The number of unbranched alkanes of at least 4 members (excludes halogenated alkanes) is 2. The van der Waals surface area contributed by atoms with E-state index in [-0.39, 0.29) is 29.6 Å². The second-order valence-electron chi connectivity index (χ2n) is 11.8. The Hall–Kier alpha value is -3.05. The maximum atomic E-state index is 9.94. The summed E-state index contributed by atoms with van der Waals surface area (Å²) in [6, 6.07) is 11.3. The minimum Gasteiger partial charge on any atom is -0.793 e. The summed E-state index contributed by atoms with van der Waals surface area (Å²) in [6.45, 7) is 9.99. The topological polar surface area (TPSA) is 138 Å². The molecule has 0 N–H and O–H groups in total. The van der Waals surface area contributed by atoms with Crippen molar-refractivity contribution >= 4 is 38.5 Å². The van der Waals surface area contributed by atoms with Gasteiger partial charge in [-0.1, -0.05) is 12.1 Å². The van der Waals surface area contributed by atoms with Crippen molar-refractivity contribution in [3.63, 3.8) is 0 Å². The zero-order chi connectivity index (χ0) is 38.7. The molecule has 0 amide bonds. The molecule has 0 saturated heterocycles. The van der Waals surface area contributed by atoms with Crippen LogP contribution in [0.25, 0.3) is 0 Å². The number of hydrogen-bond donors (Lipinski definition) is 0. The quantitative estimate of drug-likeness (QED) is 0.0477. The first-order valence-electron chi connectivity index (χ1n) is 16.2. The Morgan fingerprint density at radius 1 is 0.725 bits per heavy atom. The molecule has 0 aliphatic carbocycles. The standard InChI is InChI=1S/C14H26N4.C9H21N2.C6H5NO.C4H6O4.C2H3BO2.Na/c1-16(2)9-11-18(12-10-17(3)4)13-14-7-5-6-8-15-14;1-10(2)8-6-5-7-9-11(3)4;8-5-6-3-1-2-4-7-6;1-3(5)7-8-4(2)6;1-2(4)5-3;/h5-8H,9-13H2,1-4H3;8H,5-7,9H2,1-4H3;1-5H;1-2H3;1H3;/q;+1;;;-1;+1. The third kappa shape index (κ3) is 49.1. The number of likely N-dealkylation sites (N-methyl/N-ethyl adjacent to an activating group) is 2. The molecule has 0 aliphatic heterocycles. The SMILES string of the molecule is CC(=O)OOC(C)=O.CN(C)CCCCC=[N+](C)C.CN(C)CCN(CCN(C)C)Cc1ccccn1.O=Cc1ccccn1.[B-]OC(C)=O.[Na+]. The van der Waals surface area contributed by atoms with Crippen LogP contribution in [0.5, 0.6) is 0 Å². The fraction of sp³-hybridized carbons (Fsp3) is 0.571. The van der Waals surface area contributed by atoms with Crippen LogP contribution < -0.4 is 29.6 Å². The number of aromatic nitrogens is 2. The Bertz CT molecular complexity index is 1130. The Balaban J connectivity index is -0.000000289. The van der Waals surface area contributed by atoms with Gasteiger partial charge in [-0.2, -0.15) is 0 Å². The number of rotatable bonds is 14. The van der Waals surface area contributed by atoms with E-state index in [2.05, 4.69) is 131 Å². The van der Waals surface area contributed by atoms with E-state index in [0.717, 1.165) is 58.6 Å². The van der Waals surface area contributed by atoms with Gasteiger partial charge in [0.2, 0.25) is 5.97 Å².